The van der Waals surface area contributed by atoms with Gasteiger partial charge in [0.2, 0.25) is 11.8 Å². The molecule has 0 aliphatic heterocycles. The minimum atomic E-state index is -0.840. The summed E-state index contributed by atoms with van der Waals surface area (Å²) in [6, 6.07) is 3.63. The fourth-order valence-electron chi connectivity index (χ4n) is 2.80. The normalized spacial score (nSPS) is 11.2. The van der Waals surface area contributed by atoms with E-state index >= 15 is 0 Å². The fourth-order valence-corrected chi connectivity index (χ4v) is 2.80. The van der Waals surface area contributed by atoms with Gasteiger partial charge in [0.1, 0.15) is 18.4 Å². The second kappa shape index (κ2) is 18.9. The molecule has 1 aromatic carbocycles. The third-order valence-electron chi connectivity index (χ3n) is 4.67. The molecule has 11 nitrogen and oxygen atoms in total. The lowest BCUT2D eigenvalue weighted by molar-refractivity contribution is -0.148. The quantitative estimate of drug-likeness (QED) is 0.185. The number of primary amides is 1. The SMILES string of the molecule is CCC.COc1cc(COC(=O)C(C)C)ccc1NC(=O)C(CCCNC(N)=O)NC(=O)CNC(C)C. The molecule has 1 unspecified atom stereocenters. The van der Waals surface area contributed by atoms with Gasteiger partial charge >= 0.3 is 12.0 Å². The standard InChI is InChI=1S/C23H37N5O6.C3H8/c1-14(2)22(31)34-13-16-8-9-17(19(11-16)33-5)28-21(30)18(7-6-10-25-23(24)32)27-20(29)12-26-15(3)4;1-3-2/h8-9,11,14-15,18,26H,6-7,10,12-13H2,1-5H3,(H,27,29)(H,28,30)(H3,24,25,32);3H2,1-2H3. The number of esters is 1. The third kappa shape index (κ3) is 15.4. The Morgan fingerprint density at radius 3 is 2.24 bits per heavy atom. The van der Waals surface area contributed by atoms with Crippen LogP contribution in [0.25, 0.3) is 0 Å². The van der Waals surface area contributed by atoms with Gasteiger partial charge in [-0.2, -0.15) is 0 Å². The van der Waals surface area contributed by atoms with Crippen molar-refractivity contribution in [2.75, 3.05) is 25.5 Å². The summed E-state index contributed by atoms with van der Waals surface area (Å²) in [6.07, 6.45) is 1.96. The molecule has 0 aliphatic carbocycles. The van der Waals surface area contributed by atoms with Crippen LogP contribution in [0.4, 0.5) is 10.5 Å². The second-order valence-corrected chi connectivity index (χ2v) is 9.08. The van der Waals surface area contributed by atoms with Gasteiger partial charge in [-0.15, -0.1) is 0 Å². The van der Waals surface area contributed by atoms with Crippen LogP contribution in [-0.4, -0.2) is 56.1 Å². The zero-order chi connectivity index (χ0) is 28.4. The minimum Gasteiger partial charge on any atom is -0.495 e. The lowest BCUT2D eigenvalue weighted by Gasteiger charge is -2.20. The van der Waals surface area contributed by atoms with Crippen LogP contribution in [0.15, 0.2) is 18.2 Å². The van der Waals surface area contributed by atoms with Gasteiger partial charge in [-0.25, -0.2) is 4.79 Å². The smallest absolute Gasteiger partial charge is 0.312 e. The van der Waals surface area contributed by atoms with Crippen molar-refractivity contribution in [3.05, 3.63) is 23.8 Å². The molecule has 4 amide bonds. The Hall–Kier alpha value is -3.34. The Bertz CT molecular complexity index is 860. The number of carbonyl (C=O) groups is 4. The largest absolute Gasteiger partial charge is 0.495 e. The number of carbonyl (C=O) groups excluding carboxylic acids is 4. The van der Waals surface area contributed by atoms with E-state index < -0.39 is 18.0 Å². The fraction of sp³-hybridized carbons (Fsp3) is 0.615. The first-order valence-corrected chi connectivity index (χ1v) is 12.6. The van der Waals surface area contributed by atoms with Crippen LogP contribution < -0.4 is 31.7 Å². The van der Waals surface area contributed by atoms with Crippen LogP contribution in [0.2, 0.25) is 0 Å². The summed E-state index contributed by atoms with van der Waals surface area (Å²) in [4.78, 5) is 47.8. The van der Waals surface area contributed by atoms with Crippen LogP contribution in [-0.2, 0) is 25.7 Å². The van der Waals surface area contributed by atoms with Crippen molar-refractivity contribution in [1.82, 2.24) is 16.0 Å². The summed E-state index contributed by atoms with van der Waals surface area (Å²) in [7, 11) is 1.46. The highest BCUT2D eigenvalue weighted by Crippen LogP contribution is 2.26. The molecular weight excluding hydrogens is 478 g/mol. The number of anilines is 1. The second-order valence-electron chi connectivity index (χ2n) is 9.08. The predicted octanol–water partition coefficient (Wildman–Crippen LogP) is 2.68. The molecule has 0 saturated heterocycles. The maximum absolute atomic E-state index is 13.0. The van der Waals surface area contributed by atoms with Gasteiger partial charge in [0, 0.05) is 12.6 Å². The van der Waals surface area contributed by atoms with E-state index in [2.05, 4.69) is 35.1 Å². The van der Waals surface area contributed by atoms with Crippen molar-refractivity contribution in [3.63, 3.8) is 0 Å². The van der Waals surface area contributed by atoms with E-state index in [1.807, 2.05) is 13.8 Å². The van der Waals surface area contributed by atoms with E-state index in [9.17, 15) is 19.2 Å². The number of hydrogen-bond donors (Lipinski definition) is 5. The highest BCUT2D eigenvalue weighted by Gasteiger charge is 2.22. The van der Waals surface area contributed by atoms with Crippen molar-refractivity contribution in [2.24, 2.45) is 11.7 Å². The molecule has 1 aromatic rings. The number of ether oxygens (including phenoxy) is 2. The summed E-state index contributed by atoms with van der Waals surface area (Å²) >= 11 is 0. The Labute approximate surface area is 220 Å². The van der Waals surface area contributed by atoms with Crippen LogP contribution >= 0.6 is 0 Å². The first-order chi connectivity index (χ1) is 17.4. The van der Waals surface area contributed by atoms with Crippen LogP contribution in [0, 0.1) is 5.92 Å². The van der Waals surface area contributed by atoms with Gasteiger partial charge in [-0.3, -0.25) is 14.4 Å². The van der Waals surface area contributed by atoms with E-state index in [1.54, 1.807) is 32.0 Å². The Balaban J connectivity index is 0.00000410. The molecule has 0 fully saturated rings. The number of rotatable bonds is 14. The maximum atomic E-state index is 13.0. The molecule has 1 atom stereocenters. The summed E-state index contributed by atoms with van der Waals surface area (Å²) in [6.45, 7) is 12.0. The summed E-state index contributed by atoms with van der Waals surface area (Å²) in [5.41, 5.74) is 6.17. The Morgan fingerprint density at radius 2 is 1.70 bits per heavy atom. The van der Waals surface area contributed by atoms with Crippen molar-refractivity contribution < 1.29 is 28.7 Å². The number of methoxy groups -OCH3 is 1. The average molecular weight is 524 g/mol. The predicted molar refractivity (Wildman–Crippen MR) is 144 cm³/mol. The highest BCUT2D eigenvalue weighted by atomic mass is 16.5. The van der Waals surface area contributed by atoms with Crippen LogP contribution in [0.1, 0.15) is 66.4 Å². The topological polar surface area (TPSA) is 161 Å². The molecule has 6 N–H and O–H groups in total. The van der Waals surface area contributed by atoms with Crippen molar-refractivity contribution in [3.8, 4) is 5.75 Å². The van der Waals surface area contributed by atoms with Gasteiger partial charge in [-0.05, 0) is 30.5 Å². The lowest BCUT2D eigenvalue weighted by atomic mass is 10.1. The third-order valence-corrected chi connectivity index (χ3v) is 4.67. The summed E-state index contributed by atoms with van der Waals surface area (Å²) in [5, 5.41) is 10.9. The highest BCUT2D eigenvalue weighted by molar-refractivity contribution is 5.98. The molecule has 0 radical (unpaired) electrons. The van der Waals surface area contributed by atoms with Gasteiger partial charge in [-0.1, -0.05) is 54.0 Å². The van der Waals surface area contributed by atoms with Crippen LogP contribution in [0.3, 0.4) is 0 Å². The van der Waals surface area contributed by atoms with Gasteiger partial charge in [0.25, 0.3) is 0 Å². The zero-order valence-corrected chi connectivity index (χ0v) is 23.2. The molecule has 0 spiro atoms. The Morgan fingerprint density at radius 1 is 1.05 bits per heavy atom. The first kappa shape index (κ1) is 33.7. The summed E-state index contributed by atoms with van der Waals surface area (Å²) < 4.78 is 10.6. The zero-order valence-electron chi connectivity index (χ0n) is 23.2. The van der Waals surface area contributed by atoms with E-state index in [4.69, 9.17) is 15.2 Å². The number of urea groups is 1. The molecule has 0 saturated carbocycles. The molecule has 11 heteroatoms. The van der Waals surface area contributed by atoms with E-state index in [0.29, 0.717) is 23.4 Å². The van der Waals surface area contributed by atoms with E-state index in [1.165, 1.54) is 13.5 Å². The molecule has 37 heavy (non-hydrogen) atoms. The number of hydrogen-bond acceptors (Lipinski definition) is 7. The van der Waals surface area contributed by atoms with Crippen LogP contribution in [0.5, 0.6) is 5.75 Å². The van der Waals surface area contributed by atoms with Crippen molar-refractivity contribution in [2.45, 2.75) is 79.5 Å². The molecular formula is C26H45N5O6. The molecule has 0 aliphatic rings. The number of benzene rings is 1. The van der Waals surface area contributed by atoms with Gasteiger partial charge < -0.3 is 36.5 Å². The van der Waals surface area contributed by atoms with Gasteiger partial charge in [0.05, 0.1) is 25.3 Å². The molecule has 1 rings (SSSR count). The van der Waals surface area contributed by atoms with E-state index in [0.717, 1.165) is 0 Å². The average Bonchev–Trinajstić information content (AvgIpc) is 2.83. The number of amides is 4. The maximum Gasteiger partial charge on any atom is 0.312 e. The molecule has 0 bridgehead atoms. The van der Waals surface area contributed by atoms with Crippen molar-refractivity contribution in [1.29, 1.82) is 0 Å². The minimum absolute atomic E-state index is 0.0636. The summed E-state index contributed by atoms with van der Waals surface area (Å²) in [5.74, 6) is -0.928. The van der Waals surface area contributed by atoms with E-state index in [-0.39, 0.29) is 50.0 Å². The number of nitrogens with two attached hydrogens (primary N) is 1. The number of nitrogens with one attached hydrogen (secondary N) is 4. The molecule has 0 aromatic heterocycles. The first-order valence-electron chi connectivity index (χ1n) is 12.6. The monoisotopic (exact) mass is 523 g/mol. The Kier molecular flexibility index (Phi) is 17.2. The molecule has 210 valence electrons. The lowest BCUT2D eigenvalue weighted by Crippen LogP contribution is -2.47. The van der Waals surface area contributed by atoms with Crippen molar-refractivity contribution >= 4 is 29.5 Å². The van der Waals surface area contributed by atoms with Gasteiger partial charge in [0.15, 0.2) is 0 Å². The molecule has 0 heterocycles.